The second-order valence-electron chi connectivity index (χ2n) is 6.95. The summed E-state index contributed by atoms with van der Waals surface area (Å²) >= 11 is 0. The molecule has 0 radical (unpaired) electrons. The van der Waals surface area contributed by atoms with Crippen LogP contribution >= 0.6 is 12.4 Å². The van der Waals surface area contributed by atoms with E-state index in [1.54, 1.807) is 0 Å². The van der Waals surface area contributed by atoms with E-state index in [-0.39, 0.29) is 36.3 Å². The average Bonchev–Trinajstić information content (AvgIpc) is 3.18. The van der Waals surface area contributed by atoms with Gasteiger partial charge in [-0.2, -0.15) is 4.98 Å². The Balaban J connectivity index is 0.00000192. The van der Waals surface area contributed by atoms with E-state index in [0.717, 1.165) is 38.6 Å². The van der Waals surface area contributed by atoms with Gasteiger partial charge >= 0.3 is 0 Å². The van der Waals surface area contributed by atoms with Crippen molar-refractivity contribution in [1.82, 2.24) is 15.0 Å². The van der Waals surface area contributed by atoms with Crippen molar-refractivity contribution in [2.75, 3.05) is 6.54 Å². The lowest BCUT2D eigenvalue weighted by Crippen LogP contribution is -2.35. The van der Waals surface area contributed by atoms with Crippen LogP contribution in [0.15, 0.2) is 4.52 Å². The Hall–Kier alpha value is -1.14. The van der Waals surface area contributed by atoms with E-state index >= 15 is 0 Å². The predicted molar refractivity (Wildman–Crippen MR) is 89.3 cm³/mol. The van der Waals surface area contributed by atoms with Gasteiger partial charge in [-0.3, -0.25) is 4.79 Å². The number of nitrogens with zero attached hydrogens (tertiary/aromatic N) is 3. The quantitative estimate of drug-likeness (QED) is 0.909. The van der Waals surface area contributed by atoms with Gasteiger partial charge in [-0.15, -0.1) is 12.4 Å². The fraction of sp³-hybridized carbons (Fsp3) is 0.812. The number of nitrogens with two attached hydrogens (primary N) is 1. The molecule has 1 aliphatic heterocycles. The lowest BCUT2D eigenvalue weighted by Gasteiger charge is -2.25. The molecule has 23 heavy (non-hydrogen) atoms. The molecule has 2 fully saturated rings. The molecular formula is C16H27ClN4O2. The molecule has 3 atom stereocenters. The van der Waals surface area contributed by atoms with Crippen LogP contribution < -0.4 is 5.73 Å². The molecular weight excluding hydrogens is 316 g/mol. The van der Waals surface area contributed by atoms with Gasteiger partial charge in [0.2, 0.25) is 11.8 Å². The Morgan fingerprint density at radius 3 is 2.74 bits per heavy atom. The van der Waals surface area contributed by atoms with Crippen LogP contribution in [0.25, 0.3) is 0 Å². The van der Waals surface area contributed by atoms with Gasteiger partial charge in [-0.05, 0) is 31.6 Å². The number of carbonyl (C=O) groups excluding carboxylic acids is 1. The van der Waals surface area contributed by atoms with E-state index < -0.39 is 0 Å². The highest BCUT2D eigenvalue weighted by atomic mass is 35.5. The Labute approximate surface area is 143 Å². The van der Waals surface area contributed by atoms with Crippen LogP contribution in [0.5, 0.6) is 0 Å². The van der Waals surface area contributed by atoms with Gasteiger partial charge in [0.25, 0.3) is 0 Å². The molecule has 1 amide bonds. The van der Waals surface area contributed by atoms with E-state index in [4.69, 9.17) is 10.3 Å². The first-order chi connectivity index (χ1) is 10.6. The summed E-state index contributed by atoms with van der Waals surface area (Å²) < 4.78 is 5.30. The first kappa shape index (κ1) is 18.2. The van der Waals surface area contributed by atoms with E-state index in [1.165, 1.54) is 0 Å². The van der Waals surface area contributed by atoms with Crippen LogP contribution in [0.3, 0.4) is 0 Å². The van der Waals surface area contributed by atoms with Crippen molar-refractivity contribution < 1.29 is 9.32 Å². The van der Waals surface area contributed by atoms with Gasteiger partial charge in [-0.25, -0.2) is 0 Å². The molecule has 0 spiro atoms. The van der Waals surface area contributed by atoms with Crippen molar-refractivity contribution in [2.24, 2.45) is 11.7 Å². The van der Waals surface area contributed by atoms with Gasteiger partial charge < -0.3 is 15.2 Å². The fourth-order valence-corrected chi connectivity index (χ4v) is 3.61. The maximum Gasteiger partial charge on any atom is 0.229 e. The Morgan fingerprint density at radius 1 is 1.35 bits per heavy atom. The highest BCUT2D eigenvalue weighted by Crippen LogP contribution is 2.34. The summed E-state index contributed by atoms with van der Waals surface area (Å²) in [5.41, 5.74) is 6.10. The van der Waals surface area contributed by atoms with Crippen LogP contribution in [-0.2, 0) is 4.79 Å². The third-order valence-electron chi connectivity index (χ3n) is 4.98. The fourth-order valence-electron chi connectivity index (χ4n) is 3.61. The molecule has 3 rings (SSSR count). The summed E-state index contributed by atoms with van der Waals surface area (Å²) in [6.45, 7) is 4.84. The zero-order valence-electron chi connectivity index (χ0n) is 13.9. The van der Waals surface area contributed by atoms with Crippen LogP contribution in [0, 0.1) is 5.92 Å². The highest BCUT2D eigenvalue weighted by molar-refractivity contribution is 5.85. The minimum Gasteiger partial charge on any atom is -0.339 e. The molecule has 2 heterocycles. The number of aromatic nitrogens is 2. The molecule has 130 valence electrons. The van der Waals surface area contributed by atoms with E-state index in [0.29, 0.717) is 24.1 Å². The number of carbonyl (C=O) groups is 1. The Bertz CT molecular complexity index is 534. The normalized spacial score (nSPS) is 27.5. The second kappa shape index (κ2) is 7.62. The minimum atomic E-state index is -0.0265. The number of hydrogen-bond acceptors (Lipinski definition) is 5. The number of hydrogen-bond donors (Lipinski definition) is 1. The highest BCUT2D eigenvalue weighted by Gasteiger charge is 2.36. The van der Waals surface area contributed by atoms with Crippen molar-refractivity contribution in [2.45, 2.75) is 70.4 Å². The summed E-state index contributed by atoms with van der Waals surface area (Å²) in [5.74, 6) is 2.05. The molecule has 1 saturated heterocycles. The molecule has 6 nitrogen and oxygen atoms in total. The first-order valence-corrected chi connectivity index (χ1v) is 8.44. The van der Waals surface area contributed by atoms with Crippen LogP contribution in [-0.4, -0.2) is 33.5 Å². The van der Waals surface area contributed by atoms with Crippen molar-refractivity contribution in [3.05, 3.63) is 11.7 Å². The van der Waals surface area contributed by atoms with Crippen molar-refractivity contribution in [1.29, 1.82) is 0 Å². The van der Waals surface area contributed by atoms with Crippen LogP contribution in [0.1, 0.15) is 76.0 Å². The molecule has 7 heteroatoms. The topological polar surface area (TPSA) is 85.2 Å². The standard InChI is InChI=1S/C16H26N4O2.ClH/c1-10(2)16-18-15(19-22-16)13-7-4-8-20(13)14(21)9-11-5-3-6-12(11)17;/h10-13H,3-9,17H2,1-2H3;1H/t11-,12+,13?;/m0./s1. The Kier molecular flexibility index (Phi) is 6.03. The maximum atomic E-state index is 12.7. The molecule has 1 unspecified atom stereocenters. The van der Waals surface area contributed by atoms with Gasteiger partial charge in [0.1, 0.15) is 0 Å². The summed E-state index contributed by atoms with van der Waals surface area (Å²) in [4.78, 5) is 19.1. The molecule has 2 aliphatic rings. The summed E-state index contributed by atoms with van der Waals surface area (Å²) in [6, 6.07) is 0.157. The number of rotatable bonds is 4. The summed E-state index contributed by atoms with van der Waals surface area (Å²) in [5, 5.41) is 4.09. The van der Waals surface area contributed by atoms with Gasteiger partial charge in [0.05, 0.1) is 6.04 Å². The SMILES string of the molecule is CC(C)c1nc(C2CCCN2C(=O)C[C@@H]2CCC[C@H]2N)no1.Cl. The molecule has 1 aliphatic carbocycles. The number of likely N-dealkylation sites (tertiary alicyclic amines) is 1. The van der Waals surface area contributed by atoms with Crippen molar-refractivity contribution in [3.63, 3.8) is 0 Å². The van der Waals surface area contributed by atoms with E-state index in [9.17, 15) is 4.79 Å². The lowest BCUT2D eigenvalue weighted by molar-refractivity contribution is -0.133. The van der Waals surface area contributed by atoms with Crippen LogP contribution in [0.2, 0.25) is 0 Å². The zero-order chi connectivity index (χ0) is 15.7. The second-order valence-corrected chi connectivity index (χ2v) is 6.95. The van der Waals surface area contributed by atoms with Gasteiger partial charge in [-0.1, -0.05) is 25.4 Å². The van der Waals surface area contributed by atoms with Crippen molar-refractivity contribution >= 4 is 18.3 Å². The zero-order valence-corrected chi connectivity index (χ0v) is 14.7. The maximum absolute atomic E-state index is 12.7. The largest absolute Gasteiger partial charge is 0.339 e. The Morgan fingerprint density at radius 2 is 2.13 bits per heavy atom. The first-order valence-electron chi connectivity index (χ1n) is 8.44. The third-order valence-corrected chi connectivity index (χ3v) is 4.98. The summed E-state index contributed by atoms with van der Waals surface area (Å²) in [6.07, 6.45) is 5.74. The molecule has 0 bridgehead atoms. The minimum absolute atomic E-state index is 0. The van der Waals surface area contributed by atoms with Crippen molar-refractivity contribution in [3.8, 4) is 0 Å². The predicted octanol–water partition coefficient (Wildman–Crippen LogP) is 2.80. The average molecular weight is 343 g/mol. The molecule has 1 aromatic heterocycles. The van der Waals surface area contributed by atoms with E-state index in [2.05, 4.69) is 10.1 Å². The number of amides is 1. The van der Waals surface area contributed by atoms with Gasteiger partial charge in [0, 0.05) is 24.9 Å². The van der Waals surface area contributed by atoms with Crippen LogP contribution in [0.4, 0.5) is 0 Å². The summed E-state index contributed by atoms with van der Waals surface area (Å²) in [7, 11) is 0. The van der Waals surface area contributed by atoms with E-state index in [1.807, 2.05) is 18.7 Å². The smallest absolute Gasteiger partial charge is 0.229 e. The molecule has 1 saturated carbocycles. The molecule has 0 aromatic carbocycles. The monoisotopic (exact) mass is 342 g/mol. The number of halogens is 1. The molecule has 1 aromatic rings. The molecule has 2 N–H and O–H groups in total. The third kappa shape index (κ3) is 3.86. The van der Waals surface area contributed by atoms with Gasteiger partial charge in [0.15, 0.2) is 5.82 Å². The lowest BCUT2D eigenvalue weighted by atomic mass is 9.99.